The molecule has 35 heavy (non-hydrogen) atoms. The van der Waals surface area contributed by atoms with E-state index in [1.807, 2.05) is 0 Å². The van der Waals surface area contributed by atoms with Crippen LogP contribution in [0.3, 0.4) is 0 Å². The summed E-state index contributed by atoms with van der Waals surface area (Å²) in [5.41, 5.74) is -0.387. The van der Waals surface area contributed by atoms with Gasteiger partial charge in [-0.1, -0.05) is 12.1 Å². The highest BCUT2D eigenvalue weighted by atomic mass is 16.8. The number of hydrogen-bond donors (Lipinski definition) is 8. The molecular formula is C21H28O14. The van der Waals surface area contributed by atoms with Crippen molar-refractivity contribution in [3.8, 4) is 0 Å². The molecule has 2 heterocycles. The van der Waals surface area contributed by atoms with E-state index in [2.05, 4.69) is 0 Å². The van der Waals surface area contributed by atoms with Crippen molar-refractivity contribution in [1.82, 2.24) is 0 Å². The fourth-order valence-corrected chi connectivity index (χ4v) is 3.98. The van der Waals surface area contributed by atoms with Gasteiger partial charge < -0.3 is 59.8 Å². The lowest BCUT2D eigenvalue weighted by Crippen LogP contribution is -2.62. The van der Waals surface area contributed by atoms with Gasteiger partial charge in [-0.05, 0) is 18.6 Å². The van der Waals surface area contributed by atoms with E-state index < -0.39 is 86.6 Å². The van der Waals surface area contributed by atoms with Crippen molar-refractivity contribution < 1.29 is 69.4 Å². The molecule has 196 valence electrons. The Kier molecular flexibility index (Phi) is 8.44. The molecule has 9 atom stereocenters. The summed E-state index contributed by atoms with van der Waals surface area (Å²) in [6.45, 7) is -1.10. The van der Waals surface area contributed by atoms with Gasteiger partial charge in [-0.3, -0.25) is 0 Å². The molecule has 2 saturated heterocycles. The van der Waals surface area contributed by atoms with Crippen LogP contribution in [-0.2, 0) is 18.9 Å². The summed E-state index contributed by atoms with van der Waals surface area (Å²) >= 11 is 0. The zero-order valence-electron chi connectivity index (χ0n) is 18.5. The van der Waals surface area contributed by atoms with Crippen LogP contribution in [-0.4, -0.2) is 127 Å². The quantitative estimate of drug-likeness (QED) is 0.160. The highest BCUT2D eigenvalue weighted by Crippen LogP contribution is 2.37. The van der Waals surface area contributed by atoms with Crippen molar-refractivity contribution in [2.24, 2.45) is 0 Å². The van der Waals surface area contributed by atoms with Crippen LogP contribution in [0.2, 0.25) is 0 Å². The number of carbonyl (C=O) groups is 2. The molecule has 0 unspecified atom stereocenters. The first-order chi connectivity index (χ1) is 16.5. The van der Waals surface area contributed by atoms with E-state index in [1.54, 1.807) is 0 Å². The first-order valence-electron chi connectivity index (χ1n) is 10.6. The van der Waals surface area contributed by atoms with Crippen molar-refractivity contribution in [1.29, 1.82) is 0 Å². The summed E-state index contributed by atoms with van der Waals surface area (Å²) in [7, 11) is 0. The molecule has 3 rings (SSSR count). The minimum Gasteiger partial charge on any atom is -0.478 e. The largest absolute Gasteiger partial charge is 0.478 e. The van der Waals surface area contributed by atoms with Crippen LogP contribution < -0.4 is 0 Å². The van der Waals surface area contributed by atoms with Crippen LogP contribution in [0.4, 0.5) is 0 Å². The molecule has 8 N–H and O–H groups in total. The van der Waals surface area contributed by atoms with Crippen LogP contribution in [0, 0.1) is 6.92 Å². The fraction of sp³-hybridized carbons (Fsp3) is 0.619. The second-order valence-corrected chi connectivity index (χ2v) is 8.28. The Hall–Kier alpha value is -2.24. The average Bonchev–Trinajstić information content (AvgIpc) is 3.07. The maximum Gasteiger partial charge on any atom is 0.339 e. The standard InChI is InChI=1S/C21H28O14/c1-8-3-2-4-9(12(8)18(29)30)19(31)32-7-21(17(28)14(25)11(6-23)34-21)35-20-16(27)15(26)13(24)10(5-22)33-20/h2-4,10-11,13-17,20,22-28H,5-7H2,1H3,(H,29,30)/t10-,11-,13-,14-,15+,16-,17+,20-,21+/m1/s1. The van der Waals surface area contributed by atoms with E-state index in [1.165, 1.54) is 25.1 Å². The minimum absolute atomic E-state index is 0.271. The van der Waals surface area contributed by atoms with Crippen LogP contribution in [0.5, 0.6) is 0 Å². The number of aliphatic hydroxyl groups is 7. The predicted molar refractivity (Wildman–Crippen MR) is 110 cm³/mol. The first-order valence-corrected chi connectivity index (χ1v) is 10.6. The van der Waals surface area contributed by atoms with E-state index in [-0.39, 0.29) is 16.7 Å². The van der Waals surface area contributed by atoms with Gasteiger partial charge in [0.2, 0.25) is 5.79 Å². The van der Waals surface area contributed by atoms with Gasteiger partial charge in [0.1, 0.15) is 49.3 Å². The lowest BCUT2D eigenvalue weighted by atomic mass is 9.99. The van der Waals surface area contributed by atoms with Gasteiger partial charge in [0.15, 0.2) is 6.29 Å². The van der Waals surface area contributed by atoms with Gasteiger partial charge in [-0.2, -0.15) is 0 Å². The van der Waals surface area contributed by atoms with Gasteiger partial charge in [-0.25, -0.2) is 9.59 Å². The highest BCUT2D eigenvalue weighted by Gasteiger charge is 2.59. The molecule has 2 aliphatic heterocycles. The number of rotatable bonds is 8. The Labute approximate surface area is 198 Å². The van der Waals surface area contributed by atoms with E-state index in [4.69, 9.17) is 18.9 Å². The second-order valence-electron chi connectivity index (χ2n) is 8.28. The summed E-state index contributed by atoms with van der Waals surface area (Å²) in [6, 6.07) is 4.09. The Balaban J connectivity index is 1.88. The van der Waals surface area contributed by atoms with E-state index in [9.17, 15) is 50.4 Å². The van der Waals surface area contributed by atoms with Crippen LogP contribution in [0.15, 0.2) is 18.2 Å². The van der Waals surface area contributed by atoms with Crippen LogP contribution >= 0.6 is 0 Å². The third-order valence-electron chi connectivity index (χ3n) is 5.96. The Bertz CT molecular complexity index is 921. The molecule has 1 aromatic carbocycles. The Morgan fingerprint density at radius 1 is 0.971 bits per heavy atom. The Morgan fingerprint density at radius 2 is 1.63 bits per heavy atom. The second kappa shape index (κ2) is 10.8. The molecule has 0 bridgehead atoms. The van der Waals surface area contributed by atoms with Gasteiger partial charge in [0.25, 0.3) is 0 Å². The molecule has 1 aromatic rings. The number of aromatic carboxylic acids is 1. The predicted octanol–water partition coefficient (Wildman–Crippen LogP) is -3.52. The third kappa shape index (κ3) is 5.17. The molecule has 14 nitrogen and oxygen atoms in total. The number of benzene rings is 1. The zero-order chi connectivity index (χ0) is 26.1. The number of aliphatic hydroxyl groups excluding tert-OH is 7. The molecule has 0 spiro atoms. The van der Waals surface area contributed by atoms with Crippen molar-refractivity contribution in [3.05, 3.63) is 34.9 Å². The molecule has 2 aliphatic rings. The van der Waals surface area contributed by atoms with Crippen LogP contribution in [0.1, 0.15) is 26.3 Å². The van der Waals surface area contributed by atoms with E-state index in [0.29, 0.717) is 0 Å². The summed E-state index contributed by atoms with van der Waals surface area (Å²) in [4.78, 5) is 24.3. The minimum atomic E-state index is -2.47. The van der Waals surface area contributed by atoms with Crippen molar-refractivity contribution in [2.45, 2.75) is 61.7 Å². The van der Waals surface area contributed by atoms with Crippen molar-refractivity contribution in [3.63, 3.8) is 0 Å². The van der Waals surface area contributed by atoms with Gasteiger partial charge >= 0.3 is 11.9 Å². The molecular weight excluding hydrogens is 476 g/mol. The van der Waals surface area contributed by atoms with Gasteiger partial charge in [0, 0.05) is 0 Å². The lowest BCUT2D eigenvalue weighted by molar-refractivity contribution is -0.383. The van der Waals surface area contributed by atoms with Gasteiger partial charge in [0.05, 0.1) is 24.3 Å². The molecule has 0 radical (unpaired) electrons. The number of hydrogen-bond acceptors (Lipinski definition) is 13. The first kappa shape index (κ1) is 27.3. The summed E-state index contributed by atoms with van der Waals surface area (Å²) in [5, 5.41) is 79.4. The normalized spacial score (nSPS) is 37.3. The summed E-state index contributed by atoms with van der Waals surface area (Å²) in [6.07, 6.45) is -13.9. The maximum atomic E-state index is 12.7. The number of carboxylic acid groups (broad SMARTS) is 1. The fourth-order valence-electron chi connectivity index (χ4n) is 3.98. The topological polar surface area (TPSA) is 233 Å². The summed E-state index contributed by atoms with van der Waals surface area (Å²) < 4.78 is 21.3. The van der Waals surface area contributed by atoms with Crippen molar-refractivity contribution in [2.75, 3.05) is 19.8 Å². The molecule has 0 amide bonds. The van der Waals surface area contributed by atoms with E-state index in [0.717, 1.165) is 0 Å². The zero-order valence-corrected chi connectivity index (χ0v) is 18.5. The Morgan fingerprint density at radius 3 is 2.20 bits per heavy atom. The molecule has 2 fully saturated rings. The van der Waals surface area contributed by atoms with Gasteiger partial charge in [-0.15, -0.1) is 0 Å². The highest BCUT2D eigenvalue weighted by molar-refractivity contribution is 6.03. The number of carbonyl (C=O) groups excluding carboxylic acids is 1. The lowest BCUT2D eigenvalue weighted by Gasteiger charge is -2.43. The third-order valence-corrected chi connectivity index (χ3v) is 5.96. The van der Waals surface area contributed by atoms with Crippen LogP contribution in [0.25, 0.3) is 0 Å². The smallest absolute Gasteiger partial charge is 0.339 e. The van der Waals surface area contributed by atoms with E-state index >= 15 is 0 Å². The molecule has 0 aromatic heterocycles. The number of esters is 1. The maximum absolute atomic E-state index is 12.7. The molecule has 0 saturated carbocycles. The number of aryl methyl sites for hydroxylation is 1. The average molecular weight is 504 g/mol. The monoisotopic (exact) mass is 504 g/mol. The SMILES string of the molecule is Cc1cccc(C(=O)OC[C@@]2(O[C@H]3O[C@H](CO)[C@@H](O)[C@H](O)[C@H]3O)O[C@H](CO)[C@@H](O)[C@@H]2O)c1C(=O)O. The summed E-state index contributed by atoms with van der Waals surface area (Å²) in [5.74, 6) is -5.01. The molecule has 0 aliphatic carbocycles. The molecule has 14 heteroatoms. The van der Waals surface area contributed by atoms with Crippen molar-refractivity contribution >= 4 is 11.9 Å². The number of ether oxygens (including phenoxy) is 4. The number of carboxylic acids is 1.